The first kappa shape index (κ1) is 17.2. The quantitative estimate of drug-likeness (QED) is 0.485. The number of nitrogens with zero attached hydrogens (tertiary/aromatic N) is 1. The molecule has 1 aliphatic rings. The van der Waals surface area contributed by atoms with Gasteiger partial charge in [0.05, 0.1) is 0 Å². The van der Waals surface area contributed by atoms with Gasteiger partial charge in [0.2, 0.25) is 17.0 Å². The van der Waals surface area contributed by atoms with Gasteiger partial charge in [-0.15, -0.1) is 10.2 Å². The molecule has 1 unspecified atom stereocenters. The van der Waals surface area contributed by atoms with E-state index in [4.69, 9.17) is 24.4 Å². The van der Waals surface area contributed by atoms with Crippen LogP contribution in [-0.4, -0.2) is 21.7 Å². The molecule has 0 radical (unpaired) electrons. The first-order chi connectivity index (χ1) is 7.69. The summed E-state index contributed by atoms with van der Waals surface area (Å²) in [5.74, 6) is -0.726. The lowest BCUT2D eigenvalue weighted by Gasteiger charge is -2.17. The average molecular weight is 285 g/mol. The molecule has 9 heteroatoms. The van der Waals surface area contributed by atoms with Crippen LogP contribution in [-0.2, 0) is 4.79 Å². The molecule has 106 valence electrons. The fourth-order valence-electron chi connectivity index (χ4n) is 2.20. The molecule has 1 saturated heterocycles. The molecule has 0 aromatic heterocycles. The van der Waals surface area contributed by atoms with Crippen LogP contribution in [0, 0.1) is 21.1 Å². The molecule has 18 heavy (non-hydrogen) atoms. The molecular weight excluding hydrogens is 268 g/mol. The average Bonchev–Trinajstić information content (AvgIpc) is 2.23. The number of amides is 1. The van der Waals surface area contributed by atoms with E-state index in [1.165, 1.54) is 0 Å². The fourth-order valence-corrected chi connectivity index (χ4v) is 2.20. The molecule has 1 atom stereocenters. The largest absolute Gasteiger partial charge is 0.369 e. The normalized spacial score (nSPS) is 25.3. The summed E-state index contributed by atoms with van der Waals surface area (Å²) in [6, 6.07) is 0. The summed E-state index contributed by atoms with van der Waals surface area (Å²) in [5.41, 5.74) is 4.10. The Bertz CT molecular complexity index is 343. The maximum Gasteiger partial charge on any atom is 0.227 e. The van der Waals surface area contributed by atoms with Crippen molar-refractivity contribution in [3.63, 3.8) is 0 Å². The van der Waals surface area contributed by atoms with Crippen LogP contribution in [0.2, 0.25) is 0 Å². The number of nitrogens with two attached hydrogens (primary N) is 1. The third kappa shape index (κ3) is 4.46. The van der Waals surface area contributed by atoms with Gasteiger partial charge in [0.15, 0.2) is 0 Å². The van der Waals surface area contributed by atoms with E-state index in [1.807, 2.05) is 13.8 Å². The molecule has 0 spiro atoms. The molecule has 0 aromatic carbocycles. The molecule has 1 rings (SSSR count). The van der Waals surface area contributed by atoms with Crippen LogP contribution in [0.4, 0.5) is 0 Å². The lowest BCUT2D eigenvalue weighted by atomic mass is 9.87. The topological polar surface area (TPSA) is 155 Å². The highest BCUT2D eigenvalue weighted by Crippen LogP contribution is 2.40. The minimum Gasteiger partial charge on any atom is -0.369 e. The van der Waals surface area contributed by atoms with Crippen molar-refractivity contribution in [1.82, 2.24) is 0 Å². The van der Waals surface area contributed by atoms with E-state index in [-0.39, 0.29) is 11.8 Å². The molecule has 1 aliphatic heterocycles. The maximum absolute atomic E-state index is 11.8. The van der Waals surface area contributed by atoms with Gasteiger partial charge in [0.25, 0.3) is 0 Å². The molecule has 8 nitrogen and oxygen atoms in total. The molecule has 0 aromatic rings. The number of halogens is 1. The number of nitroso groups, excluding NO2 is 1. The molecule has 1 heterocycles. The standard InChI is InChI=1S/C9H16N2O2.ClHO4/c1-8(2)5-6(7(10)12)9(3,4)11(8)13;2-1(3,4)5/h6H,5H2,1-4H3,(H-,10,12);(H,2,3,4,5). The van der Waals surface area contributed by atoms with Crippen LogP contribution in [0.15, 0.2) is 0 Å². The summed E-state index contributed by atoms with van der Waals surface area (Å²) in [5, 5.41) is 0. The van der Waals surface area contributed by atoms with E-state index in [2.05, 4.69) is 0 Å². The van der Waals surface area contributed by atoms with Gasteiger partial charge in [-0.25, -0.2) is 18.6 Å². The van der Waals surface area contributed by atoms with Gasteiger partial charge < -0.3 is 5.73 Å². The number of carbonyl (C=O) groups excluding carboxylic acids is 1. The van der Waals surface area contributed by atoms with E-state index in [1.54, 1.807) is 13.8 Å². The van der Waals surface area contributed by atoms with Crippen molar-refractivity contribution in [2.45, 2.75) is 45.2 Å². The minimum atomic E-state index is -4.94. The Morgan fingerprint density at radius 2 is 1.56 bits per heavy atom. The number of hydrogen-bond donors (Lipinski definition) is 1. The van der Waals surface area contributed by atoms with Gasteiger partial charge in [-0.2, -0.15) is 0 Å². The minimum absolute atomic E-state index is 0.347. The van der Waals surface area contributed by atoms with Gasteiger partial charge in [-0.3, -0.25) is 4.79 Å². The predicted octanol–water partition coefficient (Wildman–Crippen LogP) is -3.93. The molecule has 1 amide bonds. The van der Waals surface area contributed by atoms with Crippen LogP contribution >= 0.6 is 0 Å². The van der Waals surface area contributed by atoms with Crippen LogP contribution in [0.3, 0.4) is 0 Å². The van der Waals surface area contributed by atoms with E-state index >= 15 is 0 Å². The second kappa shape index (κ2) is 5.06. The summed E-state index contributed by atoms with van der Waals surface area (Å²) in [6.45, 7) is 7.21. The van der Waals surface area contributed by atoms with Gasteiger partial charge >= 0.3 is 0 Å². The van der Waals surface area contributed by atoms with E-state index in [9.17, 15) is 9.70 Å². The number of hydrogen-bond acceptors (Lipinski definition) is 6. The van der Waals surface area contributed by atoms with Crippen LogP contribution in [0.25, 0.3) is 0 Å². The van der Waals surface area contributed by atoms with E-state index in [0.717, 1.165) is 4.76 Å². The first-order valence-corrected chi connectivity index (χ1v) is 6.31. The highest BCUT2D eigenvalue weighted by atomic mass is 35.7. The fraction of sp³-hybridized carbons (Fsp3) is 0.889. The molecule has 2 N–H and O–H groups in total. The smallest absolute Gasteiger partial charge is 0.227 e. The summed E-state index contributed by atoms with van der Waals surface area (Å²) in [7, 11) is -4.94. The van der Waals surface area contributed by atoms with Gasteiger partial charge in [0.1, 0.15) is 5.92 Å². The summed E-state index contributed by atoms with van der Waals surface area (Å²) in [6.07, 6.45) is 0.541. The van der Waals surface area contributed by atoms with Crippen LogP contribution in [0.1, 0.15) is 34.1 Å². The predicted molar refractivity (Wildman–Crippen MR) is 49.1 cm³/mol. The van der Waals surface area contributed by atoms with Gasteiger partial charge in [0, 0.05) is 43.8 Å². The summed E-state index contributed by atoms with van der Waals surface area (Å²) >= 11 is 0. The third-order valence-electron chi connectivity index (χ3n) is 2.97. The zero-order valence-corrected chi connectivity index (χ0v) is 11.4. The zero-order chi connectivity index (χ0) is 14.9. The van der Waals surface area contributed by atoms with Crippen molar-refractivity contribution in [3.8, 4) is 0 Å². The first-order valence-electron chi connectivity index (χ1n) is 5.08. The van der Waals surface area contributed by atoms with Crippen molar-refractivity contribution in [2.75, 3.05) is 0 Å². The number of carbonyl (C=O) groups is 1. The van der Waals surface area contributed by atoms with Crippen molar-refractivity contribution in [1.29, 1.82) is 0 Å². The van der Waals surface area contributed by atoms with E-state index in [0.29, 0.717) is 6.42 Å². The zero-order valence-electron chi connectivity index (χ0n) is 10.6. The lowest BCUT2D eigenvalue weighted by molar-refractivity contribution is -2.00. The van der Waals surface area contributed by atoms with Gasteiger partial charge in [-0.05, 0) is 0 Å². The molecule has 1 fully saturated rings. The maximum atomic E-state index is 11.8. The van der Waals surface area contributed by atoms with Crippen molar-refractivity contribution in [3.05, 3.63) is 4.91 Å². The Morgan fingerprint density at radius 3 is 1.67 bits per heavy atom. The summed E-state index contributed by atoms with van der Waals surface area (Å²) < 4.78 is 35.0. The second-order valence-electron chi connectivity index (χ2n) is 5.30. The van der Waals surface area contributed by atoms with Crippen LogP contribution < -0.4 is 24.4 Å². The second-order valence-corrected chi connectivity index (χ2v) is 6.05. The third-order valence-corrected chi connectivity index (χ3v) is 2.97. The Kier molecular flexibility index (Phi) is 4.83. The summed E-state index contributed by atoms with van der Waals surface area (Å²) in [4.78, 5) is 22.9. The molecular formula is C9H17ClN2O6. The van der Waals surface area contributed by atoms with Gasteiger partial charge in [-0.1, -0.05) is 0 Å². The van der Waals surface area contributed by atoms with Crippen LogP contribution in [0.5, 0.6) is 0 Å². The SMILES string of the molecule is CC1(C)CC(C(N)=O)C(C)(C)[N+]1=O.[O-][Cl+3]([O-])([O-])[O-]. The Labute approximate surface area is 107 Å². The number of primary amides is 1. The highest BCUT2D eigenvalue weighted by molar-refractivity contribution is 5.78. The Morgan fingerprint density at radius 1 is 1.22 bits per heavy atom. The van der Waals surface area contributed by atoms with Crippen molar-refractivity contribution < 1.29 is 38.4 Å². The van der Waals surface area contributed by atoms with Crippen molar-refractivity contribution in [2.24, 2.45) is 11.7 Å². The Balaban J connectivity index is 0.000000494. The Hall–Kier alpha value is -0.800. The lowest BCUT2D eigenvalue weighted by Crippen LogP contribution is -2.68. The monoisotopic (exact) mass is 284 g/mol. The van der Waals surface area contributed by atoms with Crippen molar-refractivity contribution >= 4 is 5.91 Å². The molecule has 0 aliphatic carbocycles. The highest BCUT2D eigenvalue weighted by Gasteiger charge is 2.62. The number of rotatable bonds is 1. The van der Waals surface area contributed by atoms with E-state index < -0.39 is 21.3 Å². The molecule has 0 bridgehead atoms. The molecule has 0 saturated carbocycles.